The molecule has 3 heterocycles. The summed E-state index contributed by atoms with van der Waals surface area (Å²) < 4.78 is 87.0. The van der Waals surface area contributed by atoms with Gasteiger partial charge < -0.3 is 14.6 Å². The van der Waals surface area contributed by atoms with Gasteiger partial charge in [0.2, 0.25) is 0 Å². The molecule has 2 aliphatic rings. The number of aromatic amines is 1. The Hall–Kier alpha value is -3.35. The standard InChI is InChI=1S/C32H36F6N4O2/c1-30(2)21-44-14-13-41(30)10-6-5-9-40-11-12-42(26(20-40)17-23-19-39-28-8-4-3-7-27(23)28)29(43)22-15-24(31(33,34)35)18-25(16-22)32(36,37)38/h3-8,15-16,18-19,26,39H,9-14,17,20-21H2,1-2H3/t26-/m1/s1. The molecule has 2 aromatic carbocycles. The molecule has 238 valence electrons. The molecule has 12 heteroatoms. The molecule has 6 nitrogen and oxygen atoms in total. The predicted octanol–water partition coefficient (Wildman–Crippen LogP) is 6.24. The fourth-order valence-corrected chi connectivity index (χ4v) is 5.98. The number of halogens is 6. The van der Waals surface area contributed by atoms with Crippen molar-refractivity contribution in [2.75, 3.05) is 52.5 Å². The number of hydrogen-bond donors (Lipinski definition) is 1. The van der Waals surface area contributed by atoms with E-state index in [1.165, 1.54) is 4.90 Å². The number of H-pyrrole nitrogens is 1. The Morgan fingerprint density at radius 1 is 0.977 bits per heavy atom. The molecule has 5 rings (SSSR count). The van der Waals surface area contributed by atoms with E-state index in [1.54, 1.807) is 0 Å². The van der Waals surface area contributed by atoms with Gasteiger partial charge in [0, 0.05) is 73.5 Å². The lowest BCUT2D eigenvalue weighted by Gasteiger charge is -2.42. The first-order valence-electron chi connectivity index (χ1n) is 14.6. The average Bonchev–Trinajstić information content (AvgIpc) is 3.37. The Bertz CT molecular complexity index is 1460. The predicted molar refractivity (Wildman–Crippen MR) is 155 cm³/mol. The molecule has 44 heavy (non-hydrogen) atoms. The monoisotopic (exact) mass is 622 g/mol. The molecule has 0 unspecified atom stereocenters. The minimum Gasteiger partial charge on any atom is -0.378 e. The first-order chi connectivity index (χ1) is 20.7. The van der Waals surface area contributed by atoms with Crippen LogP contribution in [0.1, 0.15) is 40.9 Å². The Kier molecular flexibility index (Phi) is 9.16. The number of carbonyl (C=O) groups excluding carboxylic acids is 1. The second-order valence-corrected chi connectivity index (χ2v) is 12.1. The Balaban J connectivity index is 1.38. The van der Waals surface area contributed by atoms with E-state index in [0.29, 0.717) is 51.4 Å². The number of morpholine rings is 1. The third-order valence-corrected chi connectivity index (χ3v) is 8.47. The molecule has 1 N–H and O–H groups in total. The minimum atomic E-state index is -5.04. The number of rotatable bonds is 7. The van der Waals surface area contributed by atoms with Gasteiger partial charge in [-0.25, -0.2) is 0 Å². The molecule has 0 bridgehead atoms. The quantitative estimate of drug-likeness (QED) is 0.251. The minimum absolute atomic E-state index is 0.0442. The number of hydrogen-bond acceptors (Lipinski definition) is 4. The van der Waals surface area contributed by atoms with E-state index in [0.717, 1.165) is 29.6 Å². The van der Waals surface area contributed by atoms with Gasteiger partial charge >= 0.3 is 12.4 Å². The SMILES string of the molecule is CC1(C)COCCN1CC=CCN1CCN(C(=O)c2cc(C(F)(F)F)cc(C(F)(F)F)c2)[C@H](Cc2c[nH]c3ccccc23)C1. The lowest BCUT2D eigenvalue weighted by molar-refractivity contribution is -0.143. The summed E-state index contributed by atoms with van der Waals surface area (Å²) in [7, 11) is 0. The van der Waals surface area contributed by atoms with Gasteiger partial charge in [0.05, 0.1) is 24.3 Å². The summed E-state index contributed by atoms with van der Waals surface area (Å²) in [6, 6.07) is 8.22. The number of para-hydroxylation sites is 1. The van der Waals surface area contributed by atoms with Crippen LogP contribution in [-0.4, -0.2) is 89.7 Å². The second-order valence-electron chi connectivity index (χ2n) is 12.1. The molecule has 2 saturated heterocycles. The average molecular weight is 623 g/mol. The van der Waals surface area contributed by atoms with Crippen molar-refractivity contribution in [3.05, 3.63) is 83.1 Å². The Labute approximate surface area is 252 Å². The van der Waals surface area contributed by atoms with Gasteiger partial charge in [0.25, 0.3) is 5.91 Å². The molecule has 2 fully saturated rings. The van der Waals surface area contributed by atoms with Crippen LogP contribution in [0.5, 0.6) is 0 Å². The summed E-state index contributed by atoms with van der Waals surface area (Å²) in [6.45, 7) is 8.77. The Morgan fingerprint density at radius 2 is 1.66 bits per heavy atom. The van der Waals surface area contributed by atoms with Gasteiger partial charge in [0.15, 0.2) is 0 Å². The van der Waals surface area contributed by atoms with Crippen molar-refractivity contribution in [1.82, 2.24) is 19.7 Å². The maximum Gasteiger partial charge on any atom is 0.416 e. The van der Waals surface area contributed by atoms with E-state index in [9.17, 15) is 31.1 Å². The van der Waals surface area contributed by atoms with Crippen LogP contribution in [0, 0.1) is 0 Å². The van der Waals surface area contributed by atoms with Crippen LogP contribution >= 0.6 is 0 Å². The first kappa shape index (κ1) is 32.1. The van der Waals surface area contributed by atoms with Crippen LogP contribution < -0.4 is 0 Å². The summed E-state index contributed by atoms with van der Waals surface area (Å²) in [5.74, 6) is -0.851. The second kappa shape index (κ2) is 12.6. The maximum absolute atomic E-state index is 13.7. The van der Waals surface area contributed by atoms with Crippen molar-refractivity contribution >= 4 is 16.8 Å². The van der Waals surface area contributed by atoms with Gasteiger partial charge in [-0.05, 0) is 50.1 Å². The lowest BCUT2D eigenvalue weighted by Crippen LogP contribution is -2.56. The van der Waals surface area contributed by atoms with E-state index in [4.69, 9.17) is 4.74 Å². The van der Waals surface area contributed by atoms with Crippen molar-refractivity contribution < 1.29 is 35.9 Å². The number of amides is 1. The number of fused-ring (bicyclic) bond motifs is 1. The highest BCUT2D eigenvalue weighted by molar-refractivity contribution is 5.95. The van der Waals surface area contributed by atoms with Crippen LogP contribution in [0.4, 0.5) is 26.3 Å². The van der Waals surface area contributed by atoms with Crippen molar-refractivity contribution in [1.29, 1.82) is 0 Å². The largest absolute Gasteiger partial charge is 0.416 e. The zero-order chi connectivity index (χ0) is 31.7. The fraction of sp³-hybridized carbons (Fsp3) is 0.469. The number of benzene rings is 2. The van der Waals surface area contributed by atoms with Crippen LogP contribution in [0.25, 0.3) is 10.9 Å². The van der Waals surface area contributed by atoms with Gasteiger partial charge in [-0.2, -0.15) is 26.3 Å². The van der Waals surface area contributed by atoms with Crippen molar-refractivity contribution in [2.45, 2.75) is 44.2 Å². The topological polar surface area (TPSA) is 51.8 Å². The maximum atomic E-state index is 13.7. The van der Waals surface area contributed by atoms with Gasteiger partial charge in [-0.3, -0.25) is 14.6 Å². The number of ether oxygens (including phenoxy) is 1. The Morgan fingerprint density at radius 3 is 2.34 bits per heavy atom. The van der Waals surface area contributed by atoms with Crippen LogP contribution in [0.2, 0.25) is 0 Å². The van der Waals surface area contributed by atoms with E-state index >= 15 is 0 Å². The lowest BCUT2D eigenvalue weighted by atomic mass is 9.98. The first-order valence-corrected chi connectivity index (χ1v) is 14.6. The third kappa shape index (κ3) is 7.30. The number of nitrogens with one attached hydrogen (secondary N) is 1. The molecule has 0 saturated carbocycles. The number of alkyl halides is 6. The molecule has 1 amide bonds. The van der Waals surface area contributed by atoms with E-state index < -0.39 is 41.0 Å². The molecule has 0 aliphatic carbocycles. The number of aromatic nitrogens is 1. The molecule has 1 atom stereocenters. The summed E-state index contributed by atoms with van der Waals surface area (Å²) in [5, 5.41) is 0.948. The van der Waals surface area contributed by atoms with Gasteiger partial charge in [-0.1, -0.05) is 30.4 Å². The zero-order valence-corrected chi connectivity index (χ0v) is 24.6. The van der Waals surface area contributed by atoms with Crippen molar-refractivity contribution in [3.8, 4) is 0 Å². The van der Waals surface area contributed by atoms with Crippen molar-refractivity contribution in [2.24, 2.45) is 0 Å². The van der Waals surface area contributed by atoms with E-state index in [-0.39, 0.29) is 18.2 Å². The molecule has 0 spiro atoms. The smallest absolute Gasteiger partial charge is 0.378 e. The van der Waals surface area contributed by atoms with Crippen LogP contribution in [-0.2, 0) is 23.5 Å². The number of piperazine rings is 1. The highest BCUT2D eigenvalue weighted by atomic mass is 19.4. The molecular formula is C32H36F6N4O2. The third-order valence-electron chi connectivity index (χ3n) is 8.47. The van der Waals surface area contributed by atoms with Gasteiger partial charge in [-0.15, -0.1) is 0 Å². The number of nitrogens with zero attached hydrogens (tertiary/aromatic N) is 3. The summed E-state index contributed by atoms with van der Waals surface area (Å²) in [6.07, 6.45) is -3.71. The van der Waals surface area contributed by atoms with Crippen LogP contribution in [0.3, 0.4) is 0 Å². The highest BCUT2D eigenvalue weighted by Crippen LogP contribution is 2.37. The fourth-order valence-electron chi connectivity index (χ4n) is 5.98. The molecular weight excluding hydrogens is 586 g/mol. The van der Waals surface area contributed by atoms with Crippen LogP contribution in [0.15, 0.2) is 60.8 Å². The summed E-state index contributed by atoms with van der Waals surface area (Å²) in [5.41, 5.74) is -1.90. The molecule has 1 aromatic heterocycles. The number of carbonyl (C=O) groups is 1. The van der Waals surface area contributed by atoms with E-state index in [1.807, 2.05) is 30.5 Å². The normalized spacial score (nSPS) is 20.5. The summed E-state index contributed by atoms with van der Waals surface area (Å²) >= 11 is 0. The van der Waals surface area contributed by atoms with Crippen molar-refractivity contribution in [3.63, 3.8) is 0 Å². The molecule has 2 aliphatic heterocycles. The zero-order valence-electron chi connectivity index (χ0n) is 24.6. The highest BCUT2D eigenvalue weighted by Gasteiger charge is 2.39. The van der Waals surface area contributed by atoms with E-state index in [2.05, 4.69) is 40.8 Å². The summed E-state index contributed by atoms with van der Waals surface area (Å²) in [4.78, 5) is 22.8. The molecule has 3 aromatic rings. The molecule has 0 radical (unpaired) electrons. The van der Waals surface area contributed by atoms with Gasteiger partial charge in [0.1, 0.15) is 0 Å².